The van der Waals surface area contributed by atoms with Crippen molar-refractivity contribution >= 4 is 73.5 Å². The highest BCUT2D eigenvalue weighted by Gasteiger charge is 2.09. The number of nitrogens with one attached hydrogen (secondary N) is 8. The standard InChI is InChI=1S/C10H10N6.2C9H8N6.C8H9N3.C8H8N2S.CH4/c1-2-9-11-7-4-3-6(5-8(7)12-9)10-13-15-16-14-10;2*1-5-10-7-3-2-6(4-8(7)11-5)9-12-14-15-13-9;1-5-10-7-3-2-6(9)4-8(7)11-5;11-5-8-9-6-3-1-2-4-7(6)10-8;/h3-5H,2H2,1H3,(H,11,12)(H,13,14,15,16);2*2-4H,1H3,(H,10,11)(H,12,13,14,15);2-4H,9H2,1H3,(H,10,11);1-4,11H,5H2,(H,9,10);1H4. The summed E-state index contributed by atoms with van der Waals surface area (Å²) in [5.41, 5.74) is 19.0. The van der Waals surface area contributed by atoms with Crippen molar-refractivity contribution in [1.29, 1.82) is 0 Å². The number of rotatable bonds is 5. The lowest BCUT2D eigenvalue weighted by atomic mass is 10.2. The van der Waals surface area contributed by atoms with Gasteiger partial charge in [-0.3, -0.25) is 0 Å². The highest BCUT2D eigenvalue weighted by molar-refractivity contribution is 7.79. The van der Waals surface area contributed by atoms with Crippen LogP contribution in [0.4, 0.5) is 5.69 Å². The zero-order chi connectivity index (χ0) is 47.0. The maximum atomic E-state index is 5.59. The highest BCUT2D eigenvalue weighted by atomic mass is 32.1. The Kier molecular flexibility index (Phi) is 14.1. The van der Waals surface area contributed by atoms with Crippen LogP contribution >= 0.6 is 12.6 Å². The first kappa shape index (κ1) is 46.3. The maximum Gasteiger partial charge on any atom is 0.204 e. The number of anilines is 1. The molecular weight excluding hydrogens is 895 g/mol. The summed E-state index contributed by atoms with van der Waals surface area (Å²) < 4.78 is 0. The highest BCUT2D eigenvalue weighted by Crippen LogP contribution is 2.22. The molecule has 348 valence electrons. The van der Waals surface area contributed by atoms with Crippen LogP contribution in [0.3, 0.4) is 0 Å². The van der Waals surface area contributed by atoms with Gasteiger partial charge in [0, 0.05) is 34.6 Å². The molecular formula is C45H47N23S. The molecule has 23 nitrogen and oxygen atoms in total. The molecule has 0 amide bonds. The number of nitrogen functional groups attached to an aromatic ring is 1. The topological polar surface area (TPSA) is 333 Å². The van der Waals surface area contributed by atoms with E-state index in [0.717, 1.165) is 113 Å². The molecule has 0 bridgehead atoms. The number of para-hydroxylation sites is 2. The molecule has 0 fully saturated rings. The minimum absolute atomic E-state index is 0. The number of H-pyrrole nitrogens is 8. The number of aromatic nitrogens is 22. The molecule has 13 aromatic rings. The molecule has 8 aromatic heterocycles. The van der Waals surface area contributed by atoms with Crippen molar-refractivity contribution < 1.29 is 0 Å². The fourth-order valence-corrected chi connectivity index (χ4v) is 7.16. The van der Waals surface area contributed by atoms with Gasteiger partial charge in [-0.25, -0.2) is 24.9 Å². The van der Waals surface area contributed by atoms with Gasteiger partial charge < -0.3 is 30.7 Å². The van der Waals surface area contributed by atoms with Crippen molar-refractivity contribution in [3.63, 3.8) is 0 Å². The summed E-state index contributed by atoms with van der Waals surface area (Å²) in [5.74, 6) is 7.06. The van der Waals surface area contributed by atoms with Crippen LogP contribution in [0.25, 0.3) is 89.3 Å². The van der Waals surface area contributed by atoms with Crippen LogP contribution < -0.4 is 5.73 Å². The number of hydrogen-bond acceptors (Lipinski definition) is 16. The zero-order valence-corrected chi connectivity index (χ0v) is 37.8. The first-order chi connectivity index (χ1) is 33.2. The van der Waals surface area contributed by atoms with Gasteiger partial charge in [-0.1, -0.05) is 26.5 Å². The van der Waals surface area contributed by atoms with E-state index in [1.165, 1.54) is 0 Å². The summed E-state index contributed by atoms with van der Waals surface area (Å²) >= 11 is 4.13. The smallest absolute Gasteiger partial charge is 0.204 e. The third kappa shape index (κ3) is 11.1. The van der Waals surface area contributed by atoms with E-state index in [9.17, 15) is 0 Å². The quantitative estimate of drug-likeness (QED) is 0.0590. The van der Waals surface area contributed by atoms with Crippen LogP contribution in [0.2, 0.25) is 0 Å². The minimum atomic E-state index is 0. The molecule has 0 saturated heterocycles. The number of nitrogens with zero attached hydrogens (tertiary/aromatic N) is 14. The number of aromatic amines is 8. The number of thiol groups is 1. The second-order valence-electron chi connectivity index (χ2n) is 15.0. The van der Waals surface area contributed by atoms with E-state index in [2.05, 4.69) is 131 Å². The van der Waals surface area contributed by atoms with Crippen molar-refractivity contribution in [3.8, 4) is 34.2 Å². The molecule has 13 rings (SSSR count). The number of fused-ring (bicyclic) bond motifs is 5. The summed E-state index contributed by atoms with van der Waals surface area (Å²) in [6, 6.07) is 31.1. The molecule has 24 heteroatoms. The molecule has 8 heterocycles. The van der Waals surface area contributed by atoms with E-state index in [4.69, 9.17) is 5.73 Å². The molecule has 0 spiro atoms. The van der Waals surface area contributed by atoms with Crippen LogP contribution in [0.5, 0.6) is 0 Å². The fraction of sp³-hybridized carbons (Fsp3) is 0.156. The lowest BCUT2D eigenvalue weighted by molar-refractivity contribution is 0.881. The van der Waals surface area contributed by atoms with Gasteiger partial charge in [0.25, 0.3) is 0 Å². The van der Waals surface area contributed by atoms with Crippen molar-refractivity contribution in [1.82, 2.24) is 112 Å². The number of aryl methyl sites for hydroxylation is 4. The molecule has 0 unspecified atom stereocenters. The lowest BCUT2D eigenvalue weighted by Crippen LogP contribution is -1.82. The van der Waals surface area contributed by atoms with E-state index in [1.54, 1.807) is 0 Å². The molecule has 0 aliphatic carbocycles. The van der Waals surface area contributed by atoms with Crippen molar-refractivity contribution in [2.75, 3.05) is 5.73 Å². The SMILES string of the molecule is C.CCc1nc2ccc(-c3nn[nH]n3)cc2[nH]1.Cc1nc2ccc(-c3nn[nH]n3)cc2[nH]1.Cc1nc2ccc(-c3nn[nH]n3)cc2[nH]1.Cc1nc2ccc(N)cc2[nH]1.SCc1nc2ccccc2[nH]1. The second kappa shape index (κ2) is 21.0. The van der Waals surface area contributed by atoms with Gasteiger partial charge in [0.2, 0.25) is 17.5 Å². The molecule has 0 aliphatic heterocycles. The summed E-state index contributed by atoms with van der Waals surface area (Å²) in [4.78, 5) is 37.5. The van der Waals surface area contributed by atoms with Crippen molar-refractivity contribution in [2.24, 2.45) is 0 Å². The van der Waals surface area contributed by atoms with Crippen LogP contribution in [0, 0.1) is 20.8 Å². The number of tetrazole rings is 3. The van der Waals surface area contributed by atoms with Gasteiger partial charge in [-0.05, 0) is 121 Å². The molecule has 69 heavy (non-hydrogen) atoms. The van der Waals surface area contributed by atoms with Crippen LogP contribution in [-0.4, -0.2) is 112 Å². The lowest BCUT2D eigenvalue weighted by Gasteiger charge is -1.93. The average Bonchev–Trinajstić information content (AvgIpc) is 4.21. The van der Waals surface area contributed by atoms with E-state index in [1.807, 2.05) is 118 Å². The Morgan fingerprint density at radius 1 is 0.449 bits per heavy atom. The molecule has 0 radical (unpaired) electrons. The Balaban J connectivity index is 0.000000117. The Bertz CT molecular complexity index is 3530. The predicted octanol–water partition coefficient (Wildman–Crippen LogP) is 7.49. The van der Waals surface area contributed by atoms with Crippen LogP contribution in [-0.2, 0) is 12.2 Å². The fourth-order valence-electron chi connectivity index (χ4n) is 7.01. The third-order valence-electron chi connectivity index (χ3n) is 10.1. The normalized spacial score (nSPS) is 10.7. The Morgan fingerprint density at radius 2 is 0.841 bits per heavy atom. The first-order valence-electron chi connectivity index (χ1n) is 21.1. The average molecular weight is 942 g/mol. The van der Waals surface area contributed by atoms with E-state index in [0.29, 0.717) is 23.2 Å². The van der Waals surface area contributed by atoms with Gasteiger partial charge in [-0.2, -0.15) is 28.3 Å². The largest absolute Gasteiger partial charge is 0.399 e. The van der Waals surface area contributed by atoms with E-state index >= 15 is 0 Å². The number of imidazole rings is 5. The monoisotopic (exact) mass is 941 g/mol. The summed E-state index contributed by atoms with van der Waals surface area (Å²) in [6.07, 6.45) is 0.895. The van der Waals surface area contributed by atoms with Crippen molar-refractivity contribution in [3.05, 3.63) is 126 Å². The van der Waals surface area contributed by atoms with Crippen LogP contribution in [0.15, 0.2) is 97.1 Å². The summed E-state index contributed by atoms with van der Waals surface area (Å²) in [6.45, 7) is 7.84. The van der Waals surface area contributed by atoms with Crippen LogP contribution in [0.1, 0.15) is 43.5 Å². The summed E-state index contributed by atoms with van der Waals surface area (Å²) in [5, 5.41) is 41.4. The van der Waals surface area contributed by atoms with Gasteiger partial charge in [-0.15, -0.1) is 30.6 Å². The predicted molar refractivity (Wildman–Crippen MR) is 267 cm³/mol. The van der Waals surface area contributed by atoms with Gasteiger partial charge in [0.15, 0.2) is 0 Å². The van der Waals surface area contributed by atoms with E-state index in [-0.39, 0.29) is 7.43 Å². The molecule has 0 aliphatic rings. The Hall–Kier alpha value is -9.19. The molecule has 5 aromatic carbocycles. The zero-order valence-electron chi connectivity index (χ0n) is 36.9. The molecule has 0 saturated carbocycles. The van der Waals surface area contributed by atoms with Crippen molar-refractivity contribution in [2.45, 2.75) is 47.3 Å². The van der Waals surface area contributed by atoms with Gasteiger partial charge >= 0.3 is 0 Å². The first-order valence-corrected chi connectivity index (χ1v) is 21.7. The minimum Gasteiger partial charge on any atom is -0.399 e. The number of nitrogens with two attached hydrogens (primary N) is 1. The molecule has 10 N–H and O–H groups in total. The maximum absolute atomic E-state index is 5.59. The second-order valence-corrected chi connectivity index (χ2v) is 15.4. The Labute approximate surface area is 397 Å². The van der Waals surface area contributed by atoms with Gasteiger partial charge in [0.1, 0.15) is 29.1 Å². The summed E-state index contributed by atoms with van der Waals surface area (Å²) in [7, 11) is 0. The number of hydrogen-bond donors (Lipinski definition) is 10. The van der Waals surface area contributed by atoms with E-state index < -0.39 is 0 Å². The number of benzene rings is 5. The molecule has 0 atom stereocenters. The van der Waals surface area contributed by atoms with Gasteiger partial charge in [0.05, 0.1) is 55.2 Å². The third-order valence-corrected chi connectivity index (χ3v) is 10.4. The Morgan fingerprint density at radius 3 is 1.28 bits per heavy atom.